The Kier molecular flexibility index (Phi) is 3.86. The minimum absolute atomic E-state index is 0.687. The summed E-state index contributed by atoms with van der Waals surface area (Å²) in [7, 11) is 0. The van der Waals surface area contributed by atoms with Gasteiger partial charge in [-0.25, -0.2) is 0 Å². The van der Waals surface area contributed by atoms with Crippen molar-refractivity contribution in [3.05, 3.63) is 29.3 Å². The molecule has 0 aliphatic heterocycles. The maximum absolute atomic E-state index is 2.30. The van der Waals surface area contributed by atoms with E-state index < -0.39 is 0 Å². The van der Waals surface area contributed by atoms with E-state index in [2.05, 4.69) is 45.2 Å². The molecule has 1 aromatic rings. The fourth-order valence-corrected chi connectivity index (χ4v) is 2.25. The van der Waals surface area contributed by atoms with Crippen molar-refractivity contribution in [3.63, 3.8) is 0 Å². The Morgan fingerprint density at radius 3 is 2.62 bits per heavy atom. The Balaban J connectivity index is 3.08. The van der Waals surface area contributed by atoms with Crippen molar-refractivity contribution in [1.82, 2.24) is 0 Å². The van der Waals surface area contributed by atoms with Gasteiger partial charge >= 0.3 is 0 Å². The highest BCUT2D eigenvalue weighted by Gasteiger charge is 2.08. The molecule has 0 radical (unpaired) electrons. The lowest BCUT2D eigenvalue weighted by Gasteiger charge is -2.14. The molecule has 13 heavy (non-hydrogen) atoms. The van der Waals surface area contributed by atoms with Crippen LogP contribution in [0.25, 0.3) is 0 Å². The Morgan fingerprint density at radius 1 is 1.38 bits per heavy atom. The summed E-state index contributed by atoms with van der Waals surface area (Å²) >= 11 is 1.84. The molecule has 0 saturated heterocycles. The van der Waals surface area contributed by atoms with Gasteiger partial charge in [-0.15, -0.1) is 11.8 Å². The molecule has 1 aromatic carbocycles. The molecule has 0 aliphatic carbocycles. The van der Waals surface area contributed by atoms with Crippen molar-refractivity contribution >= 4 is 11.8 Å². The van der Waals surface area contributed by atoms with Crippen LogP contribution in [0, 0.1) is 6.92 Å². The molecule has 0 amide bonds. The van der Waals surface area contributed by atoms with Gasteiger partial charge in [-0.3, -0.25) is 0 Å². The number of rotatable bonds is 3. The molecule has 1 atom stereocenters. The minimum Gasteiger partial charge on any atom is -0.129 e. The van der Waals surface area contributed by atoms with E-state index >= 15 is 0 Å². The van der Waals surface area contributed by atoms with Crippen molar-refractivity contribution in [2.75, 3.05) is 6.26 Å². The lowest BCUT2D eigenvalue weighted by Crippen LogP contribution is -1.95. The van der Waals surface area contributed by atoms with Gasteiger partial charge in [0.25, 0.3) is 0 Å². The summed E-state index contributed by atoms with van der Waals surface area (Å²) in [5.74, 6) is 0.687. The molecule has 0 bridgehead atoms. The summed E-state index contributed by atoms with van der Waals surface area (Å²) in [6, 6.07) is 6.62. The van der Waals surface area contributed by atoms with Crippen LogP contribution in [-0.2, 0) is 0 Å². The minimum atomic E-state index is 0.687. The molecular formula is C12H18S. The number of hydrogen-bond donors (Lipinski definition) is 0. The number of hydrogen-bond acceptors (Lipinski definition) is 1. The summed E-state index contributed by atoms with van der Waals surface area (Å²) < 4.78 is 0. The molecule has 0 N–H and O–H groups in total. The third-order valence-electron chi connectivity index (χ3n) is 2.69. The number of thioether (sulfide) groups is 1. The average Bonchev–Trinajstić information content (AvgIpc) is 2.17. The van der Waals surface area contributed by atoms with E-state index in [0.717, 1.165) is 0 Å². The van der Waals surface area contributed by atoms with E-state index in [-0.39, 0.29) is 0 Å². The van der Waals surface area contributed by atoms with Crippen molar-refractivity contribution in [2.45, 2.75) is 38.0 Å². The molecule has 72 valence electrons. The fraction of sp³-hybridized carbons (Fsp3) is 0.500. The smallest absolute Gasteiger partial charge is 0.0101 e. The van der Waals surface area contributed by atoms with Crippen LogP contribution in [-0.4, -0.2) is 6.26 Å². The molecule has 0 saturated carbocycles. The van der Waals surface area contributed by atoms with Gasteiger partial charge < -0.3 is 0 Å². The Labute approximate surface area is 85.7 Å². The van der Waals surface area contributed by atoms with Gasteiger partial charge in [0.1, 0.15) is 0 Å². The Morgan fingerprint density at radius 2 is 2.08 bits per heavy atom. The van der Waals surface area contributed by atoms with Crippen molar-refractivity contribution in [3.8, 4) is 0 Å². The highest BCUT2D eigenvalue weighted by Crippen LogP contribution is 2.28. The predicted octanol–water partition coefficient (Wildman–Crippen LogP) is 4.23. The maximum Gasteiger partial charge on any atom is 0.0101 e. The maximum atomic E-state index is 2.30. The van der Waals surface area contributed by atoms with E-state index in [1.54, 1.807) is 0 Å². The van der Waals surface area contributed by atoms with Gasteiger partial charge in [0, 0.05) is 4.90 Å². The van der Waals surface area contributed by atoms with Crippen LogP contribution in [0.15, 0.2) is 23.1 Å². The van der Waals surface area contributed by atoms with Crippen LogP contribution >= 0.6 is 11.8 Å². The molecule has 0 spiro atoms. The van der Waals surface area contributed by atoms with Gasteiger partial charge in [-0.2, -0.15) is 0 Å². The first kappa shape index (κ1) is 10.6. The first-order valence-electron chi connectivity index (χ1n) is 4.84. The van der Waals surface area contributed by atoms with Crippen LogP contribution in [0.2, 0.25) is 0 Å². The van der Waals surface area contributed by atoms with E-state index in [1.807, 2.05) is 11.8 Å². The fourth-order valence-electron chi connectivity index (χ4n) is 1.61. The monoisotopic (exact) mass is 194 g/mol. The lowest BCUT2D eigenvalue weighted by molar-refractivity contribution is 0.725. The zero-order valence-corrected chi connectivity index (χ0v) is 9.74. The molecule has 0 aliphatic rings. The molecule has 1 heteroatoms. The Hall–Kier alpha value is -0.430. The summed E-state index contributed by atoms with van der Waals surface area (Å²) in [6.07, 6.45) is 3.36. The van der Waals surface area contributed by atoms with Crippen molar-refractivity contribution < 1.29 is 0 Å². The van der Waals surface area contributed by atoms with Crippen molar-refractivity contribution in [1.29, 1.82) is 0 Å². The summed E-state index contributed by atoms with van der Waals surface area (Å²) in [4.78, 5) is 1.41. The first-order valence-corrected chi connectivity index (χ1v) is 6.06. The van der Waals surface area contributed by atoms with E-state index in [9.17, 15) is 0 Å². The van der Waals surface area contributed by atoms with Crippen LogP contribution in [0.3, 0.4) is 0 Å². The third-order valence-corrected chi connectivity index (χ3v) is 3.57. The lowest BCUT2D eigenvalue weighted by atomic mass is 9.94. The summed E-state index contributed by atoms with van der Waals surface area (Å²) in [5, 5.41) is 0. The predicted molar refractivity (Wildman–Crippen MR) is 61.7 cm³/mol. The van der Waals surface area contributed by atoms with Gasteiger partial charge in [0.15, 0.2) is 0 Å². The summed E-state index contributed by atoms with van der Waals surface area (Å²) in [6.45, 7) is 6.77. The second kappa shape index (κ2) is 4.71. The van der Waals surface area contributed by atoms with Crippen molar-refractivity contribution in [2.24, 2.45) is 0 Å². The van der Waals surface area contributed by atoms with Gasteiger partial charge in [0.2, 0.25) is 0 Å². The second-order valence-corrected chi connectivity index (χ2v) is 4.33. The van der Waals surface area contributed by atoms with E-state index in [1.165, 1.54) is 22.4 Å². The normalized spacial score (nSPS) is 12.9. The molecule has 0 aromatic heterocycles. The van der Waals surface area contributed by atoms with Gasteiger partial charge in [-0.1, -0.05) is 26.0 Å². The van der Waals surface area contributed by atoms with E-state index in [4.69, 9.17) is 0 Å². The SMILES string of the molecule is CC[C@@H](C)c1cccc(SC)c1C. The molecular weight excluding hydrogens is 176 g/mol. The highest BCUT2D eigenvalue weighted by molar-refractivity contribution is 7.98. The zero-order chi connectivity index (χ0) is 9.84. The molecule has 0 unspecified atom stereocenters. The van der Waals surface area contributed by atoms with Crippen LogP contribution in [0.5, 0.6) is 0 Å². The second-order valence-electron chi connectivity index (χ2n) is 3.48. The third kappa shape index (κ3) is 2.28. The molecule has 1 rings (SSSR count). The van der Waals surface area contributed by atoms with E-state index in [0.29, 0.717) is 5.92 Å². The molecule has 0 fully saturated rings. The van der Waals surface area contributed by atoms with Crippen LogP contribution < -0.4 is 0 Å². The summed E-state index contributed by atoms with van der Waals surface area (Å²) in [5.41, 5.74) is 2.97. The average molecular weight is 194 g/mol. The quantitative estimate of drug-likeness (QED) is 0.649. The highest BCUT2D eigenvalue weighted by atomic mass is 32.2. The molecule has 0 nitrogen and oxygen atoms in total. The van der Waals surface area contributed by atoms with Crippen LogP contribution in [0.4, 0.5) is 0 Å². The topological polar surface area (TPSA) is 0 Å². The zero-order valence-electron chi connectivity index (χ0n) is 8.92. The molecule has 0 heterocycles. The van der Waals surface area contributed by atoms with Gasteiger partial charge in [0.05, 0.1) is 0 Å². The standard InChI is InChI=1S/C12H18S/c1-5-9(2)11-7-6-8-12(13-4)10(11)3/h6-9H,5H2,1-4H3/t9-/m1/s1. The largest absolute Gasteiger partial charge is 0.129 e. The van der Waals surface area contributed by atoms with Crippen LogP contribution in [0.1, 0.15) is 37.3 Å². The number of benzene rings is 1. The van der Waals surface area contributed by atoms with Gasteiger partial charge in [-0.05, 0) is 42.7 Å². The first-order chi connectivity index (χ1) is 6.20. The Bertz CT molecular complexity index is 278.